The van der Waals surface area contributed by atoms with E-state index in [1.807, 2.05) is 0 Å². The molecule has 1 aliphatic rings. The summed E-state index contributed by atoms with van der Waals surface area (Å²) < 4.78 is 31.2. The normalized spacial score (nSPS) is 21.3. The Labute approximate surface area is 115 Å². The van der Waals surface area contributed by atoms with Gasteiger partial charge in [0.25, 0.3) is 5.91 Å². The van der Waals surface area contributed by atoms with Crippen LogP contribution >= 0.6 is 0 Å². The molecular weight excluding hydrogens is 268 g/mol. The predicted octanol–water partition coefficient (Wildman–Crippen LogP) is 2.13. The van der Waals surface area contributed by atoms with Crippen molar-refractivity contribution >= 4 is 11.9 Å². The van der Waals surface area contributed by atoms with Gasteiger partial charge in [0.15, 0.2) is 0 Å². The summed E-state index contributed by atoms with van der Waals surface area (Å²) in [6, 6.07) is 2.60. The molecule has 1 aromatic rings. The molecule has 1 aliphatic heterocycles. The monoisotopic (exact) mass is 283 g/mol. The minimum absolute atomic E-state index is 0.113. The molecule has 1 fully saturated rings. The third-order valence-electron chi connectivity index (χ3n) is 3.49. The quantitative estimate of drug-likeness (QED) is 0.798. The number of halogens is 2. The van der Waals surface area contributed by atoms with E-state index in [9.17, 15) is 18.4 Å². The van der Waals surface area contributed by atoms with Crippen LogP contribution in [0.3, 0.4) is 0 Å². The van der Waals surface area contributed by atoms with Crippen LogP contribution in [0.2, 0.25) is 0 Å². The average Bonchev–Trinajstić information content (AvgIpc) is 2.35. The SMILES string of the molecule is CCOC(=O)C1(C)CCN1C(=O)c1cc(F)cc(F)c1. The molecule has 6 heteroatoms. The molecule has 1 heterocycles. The molecule has 0 saturated carbocycles. The van der Waals surface area contributed by atoms with Gasteiger partial charge in [-0.15, -0.1) is 0 Å². The molecule has 20 heavy (non-hydrogen) atoms. The Balaban J connectivity index is 2.23. The third-order valence-corrected chi connectivity index (χ3v) is 3.49. The number of esters is 1. The van der Waals surface area contributed by atoms with Crippen molar-refractivity contribution < 1.29 is 23.1 Å². The lowest BCUT2D eigenvalue weighted by molar-refractivity contribution is -0.162. The van der Waals surface area contributed by atoms with Crippen LogP contribution < -0.4 is 0 Å². The van der Waals surface area contributed by atoms with Crippen molar-refractivity contribution in [2.24, 2.45) is 0 Å². The highest BCUT2D eigenvalue weighted by molar-refractivity contribution is 5.99. The fourth-order valence-electron chi connectivity index (χ4n) is 2.22. The molecule has 0 bridgehead atoms. The van der Waals surface area contributed by atoms with Crippen LogP contribution in [0.15, 0.2) is 18.2 Å². The van der Waals surface area contributed by atoms with E-state index < -0.39 is 29.0 Å². The highest BCUT2D eigenvalue weighted by Gasteiger charge is 2.50. The van der Waals surface area contributed by atoms with Crippen LogP contribution in [0, 0.1) is 11.6 Å². The van der Waals surface area contributed by atoms with Crippen LogP contribution in [-0.2, 0) is 9.53 Å². The van der Waals surface area contributed by atoms with Gasteiger partial charge in [0, 0.05) is 18.2 Å². The molecule has 0 radical (unpaired) electrons. The van der Waals surface area contributed by atoms with E-state index in [0.29, 0.717) is 19.0 Å². The first-order valence-electron chi connectivity index (χ1n) is 6.34. The Kier molecular flexibility index (Phi) is 3.74. The summed E-state index contributed by atoms with van der Waals surface area (Å²) in [5, 5.41) is 0. The number of rotatable bonds is 3. The van der Waals surface area contributed by atoms with Crippen molar-refractivity contribution in [1.82, 2.24) is 4.90 Å². The molecule has 1 atom stereocenters. The van der Waals surface area contributed by atoms with E-state index in [-0.39, 0.29) is 12.2 Å². The van der Waals surface area contributed by atoms with Crippen LogP contribution in [0.1, 0.15) is 30.6 Å². The smallest absolute Gasteiger partial charge is 0.331 e. The van der Waals surface area contributed by atoms with E-state index in [1.165, 1.54) is 4.90 Å². The summed E-state index contributed by atoms with van der Waals surface area (Å²) >= 11 is 0. The molecule has 0 spiro atoms. The Morgan fingerprint density at radius 2 is 1.90 bits per heavy atom. The predicted molar refractivity (Wildman–Crippen MR) is 67.0 cm³/mol. The van der Waals surface area contributed by atoms with Crippen molar-refractivity contribution in [3.8, 4) is 0 Å². The van der Waals surface area contributed by atoms with Gasteiger partial charge in [0.1, 0.15) is 17.2 Å². The zero-order chi connectivity index (χ0) is 14.9. The molecule has 4 nitrogen and oxygen atoms in total. The number of hydrogen-bond acceptors (Lipinski definition) is 3. The van der Waals surface area contributed by atoms with Crippen LogP contribution in [0.4, 0.5) is 8.78 Å². The molecule has 1 aromatic carbocycles. The van der Waals surface area contributed by atoms with E-state index in [2.05, 4.69) is 0 Å². The van der Waals surface area contributed by atoms with Crippen molar-refractivity contribution in [1.29, 1.82) is 0 Å². The van der Waals surface area contributed by atoms with Gasteiger partial charge in [-0.25, -0.2) is 13.6 Å². The molecule has 2 rings (SSSR count). The van der Waals surface area contributed by atoms with Gasteiger partial charge in [0.05, 0.1) is 6.61 Å². The van der Waals surface area contributed by atoms with Gasteiger partial charge in [-0.3, -0.25) is 4.79 Å². The highest BCUT2D eigenvalue weighted by Crippen LogP contribution is 2.33. The Bertz CT molecular complexity index is 541. The van der Waals surface area contributed by atoms with Crippen molar-refractivity contribution in [2.45, 2.75) is 25.8 Å². The maximum Gasteiger partial charge on any atom is 0.331 e. The summed E-state index contributed by atoms with van der Waals surface area (Å²) in [5.74, 6) is -2.74. The first-order chi connectivity index (χ1) is 9.38. The van der Waals surface area contributed by atoms with Gasteiger partial charge >= 0.3 is 5.97 Å². The summed E-state index contributed by atoms with van der Waals surface area (Å²) in [4.78, 5) is 25.4. The van der Waals surface area contributed by atoms with E-state index in [1.54, 1.807) is 13.8 Å². The number of carbonyl (C=O) groups excluding carboxylic acids is 2. The van der Waals surface area contributed by atoms with E-state index >= 15 is 0 Å². The fraction of sp³-hybridized carbons (Fsp3) is 0.429. The topological polar surface area (TPSA) is 46.6 Å². The van der Waals surface area contributed by atoms with Gasteiger partial charge in [-0.1, -0.05) is 0 Å². The van der Waals surface area contributed by atoms with Crippen molar-refractivity contribution in [2.75, 3.05) is 13.2 Å². The maximum atomic E-state index is 13.1. The number of hydrogen-bond donors (Lipinski definition) is 0. The number of carbonyl (C=O) groups is 2. The van der Waals surface area contributed by atoms with Gasteiger partial charge in [0.2, 0.25) is 0 Å². The summed E-state index contributed by atoms with van der Waals surface area (Å²) in [5.41, 5.74) is -1.17. The summed E-state index contributed by atoms with van der Waals surface area (Å²) in [7, 11) is 0. The second-order valence-electron chi connectivity index (χ2n) is 4.86. The number of nitrogens with zero attached hydrogens (tertiary/aromatic N) is 1. The van der Waals surface area contributed by atoms with Gasteiger partial charge < -0.3 is 9.64 Å². The number of likely N-dealkylation sites (tertiary alicyclic amines) is 1. The van der Waals surface area contributed by atoms with E-state index in [0.717, 1.165) is 12.1 Å². The molecule has 0 aliphatic carbocycles. The molecule has 1 amide bonds. The van der Waals surface area contributed by atoms with Crippen LogP contribution in [0.25, 0.3) is 0 Å². The number of ether oxygens (including phenoxy) is 1. The molecule has 0 N–H and O–H groups in total. The zero-order valence-corrected chi connectivity index (χ0v) is 11.3. The largest absolute Gasteiger partial charge is 0.464 e. The Hall–Kier alpha value is -1.98. The highest BCUT2D eigenvalue weighted by atomic mass is 19.1. The lowest BCUT2D eigenvalue weighted by atomic mass is 9.86. The summed E-state index contributed by atoms with van der Waals surface area (Å²) in [6.07, 6.45) is 0.468. The van der Waals surface area contributed by atoms with Gasteiger partial charge in [-0.05, 0) is 32.4 Å². The van der Waals surface area contributed by atoms with Crippen molar-refractivity contribution in [3.63, 3.8) is 0 Å². The van der Waals surface area contributed by atoms with Gasteiger partial charge in [-0.2, -0.15) is 0 Å². The average molecular weight is 283 g/mol. The number of amides is 1. The minimum Gasteiger partial charge on any atom is -0.464 e. The Morgan fingerprint density at radius 3 is 2.35 bits per heavy atom. The zero-order valence-electron chi connectivity index (χ0n) is 11.3. The van der Waals surface area contributed by atoms with Crippen LogP contribution in [-0.4, -0.2) is 35.5 Å². The second kappa shape index (κ2) is 5.19. The first-order valence-corrected chi connectivity index (χ1v) is 6.34. The molecular formula is C14H15F2NO3. The first kappa shape index (κ1) is 14.4. The lowest BCUT2D eigenvalue weighted by Crippen LogP contribution is -2.65. The number of benzene rings is 1. The van der Waals surface area contributed by atoms with Crippen LogP contribution in [0.5, 0.6) is 0 Å². The molecule has 108 valence electrons. The third kappa shape index (κ3) is 2.37. The minimum atomic E-state index is -1.06. The summed E-state index contributed by atoms with van der Waals surface area (Å²) in [6.45, 7) is 3.83. The Morgan fingerprint density at radius 1 is 1.30 bits per heavy atom. The fourth-order valence-corrected chi connectivity index (χ4v) is 2.22. The molecule has 0 aromatic heterocycles. The van der Waals surface area contributed by atoms with Crippen molar-refractivity contribution in [3.05, 3.63) is 35.4 Å². The lowest BCUT2D eigenvalue weighted by Gasteiger charge is -2.48. The standard InChI is InChI=1S/C14H15F2NO3/c1-3-20-13(19)14(2)4-5-17(14)12(18)9-6-10(15)8-11(16)7-9/h6-8H,3-5H2,1-2H3. The molecule has 1 saturated heterocycles. The van der Waals surface area contributed by atoms with E-state index in [4.69, 9.17) is 4.74 Å². The molecule has 1 unspecified atom stereocenters. The maximum absolute atomic E-state index is 13.1. The second-order valence-corrected chi connectivity index (χ2v) is 4.86.